The number of hydrogen-bond acceptors (Lipinski definition) is 4. The van der Waals surface area contributed by atoms with Crippen molar-refractivity contribution >= 4 is 5.91 Å². The van der Waals surface area contributed by atoms with Gasteiger partial charge in [0.2, 0.25) is 5.91 Å². The van der Waals surface area contributed by atoms with E-state index in [1.165, 1.54) is 11.1 Å². The van der Waals surface area contributed by atoms with E-state index < -0.39 is 0 Å². The number of amides is 1. The van der Waals surface area contributed by atoms with Gasteiger partial charge in [-0.05, 0) is 74.4 Å². The summed E-state index contributed by atoms with van der Waals surface area (Å²) in [4.78, 5) is 15.1. The van der Waals surface area contributed by atoms with Gasteiger partial charge in [-0.3, -0.25) is 9.69 Å². The van der Waals surface area contributed by atoms with Gasteiger partial charge in [0.25, 0.3) is 0 Å². The monoisotopic (exact) mass is 422 g/mol. The van der Waals surface area contributed by atoms with Gasteiger partial charge < -0.3 is 14.8 Å². The molecule has 2 fully saturated rings. The molecule has 2 aromatic carbocycles. The predicted octanol–water partition coefficient (Wildman–Crippen LogP) is 4.05. The summed E-state index contributed by atoms with van der Waals surface area (Å²) in [5.41, 5.74) is 2.75. The van der Waals surface area contributed by atoms with E-state index >= 15 is 0 Å². The molecule has 0 radical (unpaired) electrons. The smallest absolute Gasteiger partial charge is 0.223 e. The lowest BCUT2D eigenvalue weighted by Crippen LogP contribution is -2.37. The van der Waals surface area contributed by atoms with Gasteiger partial charge in [0.15, 0.2) is 11.5 Å². The lowest BCUT2D eigenvalue weighted by atomic mass is 9.90. The first kappa shape index (κ1) is 21.7. The van der Waals surface area contributed by atoms with E-state index in [1.807, 2.05) is 31.2 Å². The second-order valence-electron chi connectivity index (χ2n) is 8.84. The third-order valence-electron chi connectivity index (χ3n) is 6.85. The van der Waals surface area contributed by atoms with Crippen LogP contribution < -0.4 is 14.8 Å². The second-order valence-corrected chi connectivity index (χ2v) is 8.84. The summed E-state index contributed by atoms with van der Waals surface area (Å²) in [6, 6.07) is 16.5. The fraction of sp³-hybridized carbons (Fsp3) is 0.500. The highest BCUT2D eigenvalue weighted by molar-refractivity contribution is 5.82. The summed E-state index contributed by atoms with van der Waals surface area (Å²) in [5.74, 6) is 2.05. The standard InChI is InChI=1S/C26H34N2O3/c1-3-31-24-17-21(9-10-23(24)30-2)19-28-15-12-26(13-16-28)18-22(26)25(29)27-14-11-20-7-5-4-6-8-20/h4-10,17,22H,3,11-16,18-19H2,1-2H3,(H,27,29)/t22-/m0/s1. The van der Waals surface area contributed by atoms with E-state index in [0.29, 0.717) is 6.61 Å². The van der Waals surface area contributed by atoms with Gasteiger partial charge in [0, 0.05) is 19.0 Å². The van der Waals surface area contributed by atoms with Crippen molar-refractivity contribution in [3.63, 3.8) is 0 Å². The summed E-state index contributed by atoms with van der Waals surface area (Å²) in [7, 11) is 1.67. The minimum atomic E-state index is 0.205. The molecule has 1 heterocycles. The zero-order valence-corrected chi connectivity index (χ0v) is 18.7. The van der Waals surface area contributed by atoms with E-state index in [2.05, 4.69) is 34.5 Å². The van der Waals surface area contributed by atoms with Crippen LogP contribution in [0.15, 0.2) is 48.5 Å². The van der Waals surface area contributed by atoms with Gasteiger partial charge in [-0.1, -0.05) is 36.4 Å². The Labute approximate surface area is 185 Å². The molecule has 1 saturated carbocycles. The SMILES string of the molecule is CCOc1cc(CN2CCC3(CC2)C[C@H]3C(=O)NCCc2ccccc2)ccc1OC. The molecule has 0 bridgehead atoms. The molecule has 1 aliphatic heterocycles. The van der Waals surface area contributed by atoms with Crippen molar-refractivity contribution in [1.29, 1.82) is 0 Å². The zero-order chi connectivity index (χ0) is 21.7. The van der Waals surface area contributed by atoms with Crippen LogP contribution in [0.25, 0.3) is 0 Å². The summed E-state index contributed by atoms with van der Waals surface area (Å²) in [6.45, 7) is 6.34. The Morgan fingerprint density at radius 3 is 2.58 bits per heavy atom. The molecule has 5 heteroatoms. The molecule has 5 nitrogen and oxygen atoms in total. The van der Waals surface area contributed by atoms with Crippen LogP contribution >= 0.6 is 0 Å². The zero-order valence-electron chi connectivity index (χ0n) is 18.7. The summed E-state index contributed by atoms with van der Waals surface area (Å²) >= 11 is 0. The topological polar surface area (TPSA) is 50.8 Å². The number of methoxy groups -OCH3 is 1. The molecule has 2 aromatic rings. The molecule has 1 spiro atoms. The van der Waals surface area contributed by atoms with Crippen molar-refractivity contribution in [2.45, 2.75) is 39.2 Å². The highest BCUT2D eigenvalue weighted by atomic mass is 16.5. The van der Waals surface area contributed by atoms with Crippen molar-refractivity contribution in [2.75, 3.05) is 33.4 Å². The molecule has 0 unspecified atom stereocenters. The van der Waals surface area contributed by atoms with Crippen LogP contribution in [0.5, 0.6) is 11.5 Å². The second kappa shape index (κ2) is 9.73. The van der Waals surface area contributed by atoms with Gasteiger partial charge in [0.1, 0.15) is 0 Å². The normalized spacial score (nSPS) is 19.7. The Morgan fingerprint density at radius 2 is 1.87 bits per heavy atom. The number of carbonyl (C=O) groups is 1. The molecule has 1 N–H and O–H groups in total. The van der Waals surface area contributed by atoms with Crippen LogP contribution in [0.2, 0.25) is 0 Å². The van der Waals surface area contributed by atoms with E-state index in [0.717, 1.165) is 63.4 Å². The Bertz CT molecular complexity index is 875. The molecule has 31 heavy (non-hydrogen) atoms. The molecule has 1 atom stereocenters. The van der Waals surface area contributed by atoms with Crippen LogP contribution in [0.4, 0.5) is 0 Å². The molecular formula is C26H34N2O3. The van der Waals surface area contributed by atoms with E-state index in [9.17, 15) is 4.79 Å². The molecule has 4 rings (SSSR count). The first-order chi connectivity index (χ1) is 15.1. The van der Waals surface area contributed by atoms with Crippen molar-refractivity contribution < 1.29 is 14.3 Å². The quantitative estimate of drug-likeness (QED) is 0.662. The fourth-order valence-electron chi connectivity index (χ4n) is 4.87. The van der Waals surface area contributed by atoms with Gasteiger partial charge in [-0.25, -0.2) is 0 Å². The molecule has 0 aromatic heterocycles. The van der Waals surface area contributed by atoms with Crippen molar-refractivity contribution in [2.24, 2.45) is 11.3 Å². The van der Waals surface area contributed by atoms with Crippen molar-refractivity contribution in [1.82, 2.24) is 10.2 Å². The first-order valence-corrected chi connectivity index (χ1v) is 11.5. The number of nitrogens with one attached hydrogen (secondary N) is 1. The number of piperidine rings is 1. The Balaban J connectivity index is 1.23. The van der Waals surface area contributed by atoms with Gasteiger partial charge in [0.05, 0.1) is 13.7 Å². The van der Waals surface area contributed by atoms with E-state index in [1.54, 1.807) is 7.11 Å². The Hall–Kier alpha value is -2.53. The highest BCUT2D eigenvalue weighted by Gasteiger charge is 2.58. The minimum absolute atomic E-state index is 0.205. The third kappa shape index (κ3) is 5.21. The van der Waals surface area contributed by atoms with Gasteiger partial charge in [-0.2, -0.15) is 0 Å². The molecule has 166 valence electrons. The molecule has 2 aliphatic rings. The van der Waals surface area contributed by atoms with E-state index in [-0.39, 0.29) is 17.2 Å². The number of hydrogen-bond donors (Lipinski definition) is 1. The van der Waals surface area contributed by atoms with Crippen molar-refractivity contribution in [3.05, 3.63) is 59.7 Å². The number of carbonyl (C=O) groups excluding carboxylic acids is 1. The van der Waals surface area contributed by atoms with Gasteiger partial charge in [-0.15, -0.1) is 0 Å². The predicted molar refractivity (Wildman–Crippen MR) is 122 cm³/mol. The number of nitrogens with zero attached hydrogens (tertiary/aromatic N) is 1. The van der Waals surface area contributed by atoms with Crippen LogP contribution in [0.3, 0.4) is 0 Å². The number of likely N-dealkylation sites (tertiary alicyclic amines) is 1. The number of benzene rings is 2. The summed E-state index contributed by atoms with van der Waals surface area (Å²) in [6.07, 6.45) is 4.16. The first-order valence-electron chi connectivity index (χ1n) is 11.5. The maximum atomic E-state index is 12.7. The number of rotatable bonds is 9. The third-order valence-corrected chi connectivity index (χ3v) is 6.85. The number of ether oxygens (including phenoxy) is 2. The van der Waals surface area contributed by atoms with Crippen LogP contribution in [0.1, 0.15) is 37.3 Å². The average Bonchev–Trinajstić information content (AvgIpc) is 3.50. The Morgan fingerprint density at radius 1 is 1.10 bits per heavy atom. The molecule has 1 saturated heterocycles. The van der Waals surface area contributed by atoms with Crippen LogP contribution in [-0.2, 0) is 17.8 Å². The Kier molecular flexibility index (Phi) is 6.81. The molecule has 1 amide bonds. The van der Waals surface area contributed by atoms with E-state index in [4.69, 9.17) is 9.47 Å². The fourth-order valence-corrected chi connectivity index (χ4v) is 4.87. The highest BCUT2D eigenvalue weighted by Crippen LogP contribution is 2.59. The minimum Gasteiger partial charge on any atom is -0.493 e. The van der Waals surface area contributed by atoms with Gasteiger partial charge >= 0.3 is 0 Å². The molecule has 1 aliphatic carbocycles. The lowest BCUT2D eigenvalue weighted by Gasteiger charge is -2.33. The molecular weight excluding hydrogens is 388 g/mol. The summed E-state index contributed by atoms with van der Waals surface area (Å²) in [5, 5.41) is 3.17. The maximum absolute atomic E-state index is 12.7. The summed E-state index contributed by atoms with van der Waals surface area (Å²) < 4.78 is 11.1. The maximum Gasteiger partial charge on any atom is 0.223 e. The largest absolute Gasteiger partial charge is 0.493 e. The lowest BCUT2D eigenvalue weighted by molar-refractivity contribution is -0.123. The van der Waals surface area contributed by atoms with Crippen molar-refractivity contribution in [3.8, 4) is 11.5 Å². The van der Waals surface area contributed by atoms with Crippen LogP contribution in [-0.4, -0.2) is 44.2 Å². The van der Waals surface area contributed by atoms with Crippen LogP contribution in [0, 0.1) is 11.3 Å². The average molecular weight is 423 g/mol.